The van der Waals surface area contributed by atoms with E-state index in [1.54, 1.807) is 25.3 Å². The summed E-state index contributed by atoms with van der Waals surface area (Å²) in [5, 5.41) is 13.8. The minimum Gasteiger partial charge on any atom is -0.354 e. The number of hydrogen-bond donors (Lipinski definition) is 3. The van der Waals surface area contributed by atoms with Crippen molar-refractivity contribution in [2.75, 3.05) is 17.2 Å². The monoisotopic (exact) mass is 286 g/mol. The zero-order valence-electron chi connectivity index (χ0n) is 11.7. The number of nitrogens with zero attached hydrogens (tertiary/aromatic N) is 3. The molecule has 3 rings (SSSR count). The number of aryl methyl sites for hydroxylation is 1. The van der Waals surface area contributed by atoms with E-state index in [0.29, 0.717) is 23.0 Å². The molecule has 0 saturated heterocycles. The summed E-state index contributed by atoms with van der Waals surface area (Å²) in [4.78, 5) is 8.74. The number of hydrogen-bond acceptors (Lipinski definition) is 5. The quantitative estimate of drug-likeness (QED) is 0.687. The molecule has 0 aliphatic heterocycles. The molecule has 0 saturated carbocycles. The third-order valence-corrected chi connectivity index (χ3v) is 3.07. The maximum absolute atomic E-state index is 13.3. The average Bonchev–Trinajstić information content (AvgIpc) is 2.92. The van der Waals surface area contributed by atoms with Gasteiger partial charge in [0.1, 0.15) is 11.6 Å². The van der Waals surface area contributed by atoms with Crippen LogP contribution in [0.4, 0.5) is 21.8 Å². The molecule has 2 aromatic heterocycles. The SMILES string of the molecule is CCNc1nc(Nc2ccc(F)c(C)c2)c2cn[nH]c2n1. The molecule has 1 aromatic carbocycles. The first-order valence-electron chi connectivity index (χ1n) is 6.65. The van der Waals surface area contributed by atoms with Gasteiger partial charge in [-0.05, 0) is 37.6 Å². The molecule has 0 aliphatic rings. The number of aromatic amines is 1. The van der Waals surface area contributed by atoms with Crippen LogP contribution < -0.4 is 10.6 Å². The highest BCUT2D eigenvalue weighted by Gasteiger charge is 2.10. The Kier molecular flexibility index (Phi) is 3.39. The van der Waals surface area contributed by atoms with Crippen LogP contribution in [-0.2, 0) is 0 Å². The lowest BCUT2D eigenvalue weighted by Gasteiger charge is -2.09. The van der Waals surface area contributed by atoms with Crippen molar-refractivity contribution in [3.63, 3.8) is 0 Å². The van der Waals surface area contributed by atoms with Crippen LogP contribution in [0.3, 0.4) is 0 Å². The molecule has 0 unspecified atom stereocenters. The summed E-state index contributed by atoms with van der Waals surface area (Å²) in [7, 11) is 0. The molecule has 2 heterocycles. The van der Waals surface area contributed by atoms with Gasteiger partial charge in [0.15, 0.2) is 5.65 Å². The minimum atomic E-state index is -0.231. The number of halogens is 1. The van der Waals surface area contributed by atoms with Crippen LogP contribution in [0, 0.1) is 12.7 Å². The van der Waals surface area contributed by atoms with Gasteiger partial charge in [0.25, 0.3) is 0 Å². The predicted octanol–water partition coefficient (Wildman–Crippen LogP) is 2.98. The van der Waals surface area contributed by atoms with E-state index < -0.39 is 0 Å². The van der Waals surface area contributed by atoms with Gasteiger partial charge in [-0.25, -0.2) is 4.39 Å². The van der Waals surface area contributed by atoms with Crippen LogP contribution in [0.5, 0.6) is 0 Å². The van der Waals surface area contributed by atoms with Crippen molar-refractivity contribution in [3.8, 4) is 0 Å². The van der Waals surface area contributed by atoms with Gasteiger partial charge in [-0.2, -0.15) is 15.1 Å². The smallest absolute Gasteiger partial charge is 0.226 e. The van der Waals surface area contributed by atoms with Crippen LogP contribution in [0.1, 0.15) is 12.5 Å². The molecule has 0 amide bonds. The summed E-state index contributed by atoms with van der Waals surface area (Å²) in [6, 6.07) is 4.83. The van der Waals surface area contributed by atoms with E-state index in [1.165, 1.54) is 6.07 Å². The van der Waals surface area contributed by atoms with Crippen molar-refractivity contribution in [3.05, 3.63) is 35.8 Å². The van der Waals surface area contributed by atoms with Crippen LogP contribution in [-0.4, -0.2) is 26.7 Å². The summed E-state index contributed by atoms with van der Waals surface area (Å²) in [5.74, 6) is 0.899. The standard InChI is InChI=1S/C14H15FN6/c1-3-16-14-19-12(10-7-17-21-13(10)20-14)18-9-4-5-11(15)8(2)6-9/h4-7H,3H2,1-2H3,(H3,16,17,18,19,20,21). The van der Waals surface area contributed by atoms with Crippen molar-refractivity contribution in [1.29, 1.82) is 0 Å². The third-order valence-electron chi connectivity index (χ3n) is 3.07. The van der Waals surface area contributed by atoms with Crippen molar-refractivity contribution >= 4 is 28.5 Å². The van der Waals surface area contributed by atoms with Crippen LogP contribution in [0.15, 0.2) is 24.4 Å². The lowest BCUT2D eigenvalue weighted by molar-refractivity contribution is 0.619. The van der Waals surface area contributed by atoms with E-state index in [1.807, 2.05) is 6.92 Å². The van der Waals surface area contributed by atoms with E-state index in [4.69, 9.17) is 0 Å². The number of nitrogens with one attached hydrogen (secondary N) is 3. The Morgan fingerprint density at radius 1 is 1.29 bits per heavy atom. The van der Waals surface area contributed by atoms with Crippen molar-refractivity contribution in [2.24, 2.45) is 0 Å². The fourth-order valence-electron chi connectivity index (χ4n) is 2.03. The minimum absolute atomic E-state index is 0.231. The molecule has 0 bridgehead atoms. The second-order valence-electron chi connectivity index (χ2n) is 4.65. The molecule has 0 fully saturated rings. The summed E-state index contributed by atoms with van der Waals surface area (Å²) >= 11 is 0. The van der Waals surface area contributed by atoms with Gasteiger partial charge < -0.3 is 10.6 Å². The Labute approximate surface area is 120 Å². The number of anilines is 3. The molecule has 6 nitrogen and oxygen atoms in total. The van der Waals surface area contributed by atoms with E-state index in [-0.39, 0.29) is 5.82 Å². The van der Waals surface area contributed by atoms with Crippen molar-refractivity contribution in [1.82, 2.24) is 20.2 Å². The van der Waals surface area contributed by atoms with E-state index >= 15 is 0 Å². The Balaban J connectivity index is 2.01. The molecular weight excluding hydrogens is 271 g/mol. The highest BCUT2D eigenvalue weighted by Crippen LogP contribution is 2.24. The first kappa shape index (κ1) is 13.3. The van der Waals surface area contributed by atoms with Gasteiger partial charge in [0.2, 0.25) is 5.95 Å². The second kappa shape index (κ2) is 5.35. The molecule has 0 aliphatic carbocycles. The van der Waals surface area contributed by atoms with Crippen LogP contribution in [0.25, 0.3) is 11.0 Å². The molecule has 21 heavy (non-hydrogen) atoms. The molecule has 0 radical (unpaired) electrons. The van der Waals surface area contributed by atoms with E-state index in [0.717, 1.165) is 17.6 Å². The van der Waals surface area contributed by atoms with Gasteiger partial charge in [0.05, 0.1) is 11.6 Å². The first-order chi connectivity index (χ1) is 10.2. The van der Waals surface area contributed by atoms with Crippen molar-refractivity contribution < 1.29 is 4.39 Å². The Bertz CT molecular complexity index is 782. The summed E-state index contributed by atoms with van der Waals surface area (Å²) < 4.78 is 13.3. The average molecular weight is 286 g/mol. The van der Waals surface area contributed by atoms with Gasteiger partial charge in [-0.3, -0.25) is 5.10 Å². The highest BCUT2D eigenvalue weighted by atomic mass is 19.1. The predicted molar refractivity (Wildman–Crippen MR) is 80.3 cm³/mol. The normalized spacial score (nSPS) is 10.8. The highest BCUT2D eigenvalue weighted by molar-refractivity contribution is 5.89. The molecule has 7 heteroatoms. The third kappa shape index (κ3) is 2.62. The summed E-state index contributed by atoms with van der Waals surface area (Å²) in [5.41, 5.74) is 1.98. The second-order valence-corrected chi connectivity index (χ2v) is 4.65. The maximum Gasteiger partial charge on any atom is 0.226 e. The lowest BCUT2D eigenvalue weighted by Crippen LogP contribution is -2.05. The van der Waals surface area contributed by atoms with Gasteiger partial charge in [0, 0.05) is 12.2 Å². The first-order valence-corrected chi connectivity index (χ1v) is 6.65. The molecule has 3 N–H and O–H groups in total. The molecule has 3 aromatic rings. The number of aromatic nitrogens is 4. The largest absolute Gasteiger partial charge is 0.354 e. The number of rotatable bonds is 4. The Hall–Kier alpha value is -2.70. The summed E-state index contributed by atoms with van der Waals surface area (Å²) in [6.07, 6.45) is 1.66. The fourth-order valence-corrected chi connectivity index (χ4v) is 2.03. The van der Waals surface area contributed by atoms with Crippen molar-refractivity contribution in [2.45, 2.75) is 13.8 Å². The Morgan fingerprint density at radius 3 is 2.90 bits per heavy atom. The van der Waals surface area contributed by atoms with Gasteiger partial charge in [-0.1, -0.05) is 0 Å². The zero-order chi connectivity index (χ0) is 14.8. The zero-order valence-corrected chi connectivity index (χ0v) is 11.7. The maximum atomic E-state index is 13.3. The Morgan fingerprint density at radius 2 is 2.14 bits per heavy atom. The number of benzene rings is 1. The molecule has 0 spiro atoms. The van der Waals surface area contributed by atoms with Gasteiger partial charge in [-0.15, -0.1) is 0 Å². The lowest BCUT2D eigenvalue weighted by atomic mass is 10.2. The number of fused-ring (bicyclic) bond motifs is 1. The molecule has 0 atom stereocenters. The van der Waals surface area contributed by atoms with Crippen LogP contribution in [0.2, 0.25) is 0 Å². The van der Waals surface area contributed by atoms with E-state index in [9.17, 15) is 4.39 Å². The molecule has 108 valence electrons. The topological polar surface area (TPSA) is 78.5 Å². The van der Waals surface area contributed by atoms with E-state index in [2.05, 4.69) is 30.8 Å². The van der Waals surface area contributed by atoms with Crippen LogP contribution >= 0.6 is 0 Å². The van der Waals surface area contributed by atoms with Gasteiger partial charge >= 0.3 is 0 Å². The summed E-state index contributed by atoms with van der Waals surface area (Å²) in [6.45, 7) is 4.41. The fraction of sp³-hybridized carbons (Fsp3) is 0.214. The molecular formula is C14H15FN6. The number of H-pyrrole nitrogens is 1.